The predicted octanol–water partition coefficient (Wildman–Crippen LogP) is 1.46. The van der Waals surface area contributed by atoms with Gasteiger partial charge in [0.2, 0.25) is 0 Å². The minimum absolute atomic E-state index is 0.135. The third-order valence-electron chi connectivity index (χ3n) is 2.54. The summed E-state index contributed by atoms with van der Waals surface area (Å²) < 4.78 is 9.63. The molecule has 0 bridgehead atoms. The number of carbonyl (C=O) groups is 2. The third-order valence-corrected chi connectivity index (χ3v) is 2.54. The standard InChI is InChI=1S/C14H18O5/c1-3-18-13(16)11(14(17)19-4-2)12(15)10-8-6-5-7-9-10/h5-9,11-12,15H,3-4H2,1-2H3. The molecule has 0 radical (unpaired) electrons. The van der Waals surface area contributed by atoms with E-state index in [-0.39, 0.29) is 13.2 Å². The lowest BCUT2D eigenvalue weighted by Crippen LogP contribution is -2.33. The fraction of sp³-hybridized carbons (Fsp3) is 0.429. The van der Waals surface area contributed by atoms with Crippen LogP contribution in [0.1, 0.15) is 25.5 Å². The van der Waals surface area contributed by atoms with Crippen molar-refractivity contribution in [2.75, 3.05) is 13.2 Å². The van der Waals surface area contributed by atoms with Crippen molar-refractivity contribution in [1.82, 2.24) is 0 Å². The van der Waals surface area contributed by atoms with Crippen LogP contribution in [0.5, 0.6) is 0 Å². The maximum atomic E-state index is 11.8. The van der Waals surface area contributed by atoms with Crippen LogP contribution < -0.4 is 0 Å². The van der Waals surface area contributed by atoms with Crippen LogP contribution in [0, 0.1) is 5.92 Å². The summed E-state index contributed by atoms with van der Waals surface area (Å²) >= 11 is 0. The van der Waals surface area contributed by atoms with Gasteiger partial charge in [-0.15, -0.1) is 0 Å². The molecule has 0 fully saturated rings. The van der Waals surface area contributed by atoms with Crippen molar-refractivity contribution in [3.05, 3.63) is 35.9 Å². The van der Waals surface area contributed by atoms with Gasteiger partial charge in [-0.1, -0.05) is 30.3 Å². The molecule has 0 aliphatic carbocycles. The smallest absolute Gasteiger partial charge is 0.323 e. The average molecular weight is 266 g/mol. The van der Waals surface area contributed by atoms with Crippen LogP contribution in [-0.2, 0) is 19.1 Å². The summed E-state index contributed by atoms with van der Waals surface area (Å²) in [4.78, 5) is 23.6. The second-order valence-corrected chi connectivity index (χ2v) is 3.84. The van der Waals surface area contributed by atoms with Crippen LogP contribution in [0.25, 0.3) is 0 Å². The number of rotatable bonds is 6. The normalized spacial score (nSPS) is 12.0. The molecule has 5 nitrogen and oxygen atoms in total. The number of carbonyl (C=O) groups excluding carboxylic acids is 2. The van der Waals surface area contributed by atoms with Crippen molar-refractivity contribution in [3.63, 3.8) is 0 Å². The van der Waals surface area contributed by atoms with Gasteiger partial charge >= 0.3 is 11.9 Å². The van der Waals surface area contributed by atoms with Crippen molar-refractivity contribution in [2.24, 2.45) is 5.92 Å². The molecular weight excluding hydrogens is 248 g/mol. The van der Waals surface area contributed by atoms with E-state index in [0.29, 0.717) is 5.56 Å². The van der Waals surface area contributed by atoms with E-state index in [0.717, 1.165) is 0 Å². The Balaban J connectivity index is 2.95. The second-order valence-electron chi connectivity index (χ2n) is 3.84. The van der Waals surface area contributed by atoms with Crippen LogP contribution in [0.15, 0.2) is 30.3 Å². The zero-order chi connectivity index (χ0) is 14.3. The Morgan fingerprint density at radius 3 is 1.95 bits per heavy atom. The van der Waals surface area contributed by atoms with Gasteiger partial charge < -0.3 is 14.6 Å². The summed E-state index contributed by atoms with van der Waals surface area (Å²) in [6.07, 6.45) is -1.28. The highest BCUT2D eigenvalue weighted by molar-refractivity contribution is 5.95. The van der Waals surface area contributed by atoms with Crippen molar-refractivity contribution >= 4 is 11.9 Å². The lowest BCUT2D eigenvalue weighted by molar-refractivity contribution is -0.167. The first-order chi connectivity index (χ1) is 9.11. The van der Waals surface area contributed by atoms with E-state index >= 15 is 0 Å². The highest BCUT2D eigenvalue weighted by Crippen LogP contribution is 2.24. The molecule has 0 saturated heterocycles. The van der Waals surface area contributed by atoms with E-state index in [1.54, 1.807) is 44.2 Å². The van der Waals surface area contributed by atoms with E-state index in [2.05, 4.69) is 0 Å². The van der Waals surface area contributed by atoms with Crippen LogP contribution >= 0.6 is 0 Å². The van der Waals surface area contributed by atoms with E-state index in [1.807, 2.05) is 0 Å². The molecule has 1 atom stereocenters. The molecule has 1 aromatic carbocycles. The van der Waals surface area contributed by atoms with Crippen LogP contribution in [0.4, 0.5) is 0 Å². The van der Waals surface area contributed by atoms with Crippen LogP contribution in [-0.4, -0.2) is 30.3 Å². The SMILES string of the molecule is CCOC(=O)C(C(=O)OCC)C(O)c1ccccc1. The molecular formula is C14H18O5. The molecule has 0 heterocycles. The fourth-order valence-corrected chi connectivity index (χ4v) is 1.66. The van der Waals surface area contributed by atoms with Crippen molar-refractivity contribution in [2.45, 2.75) is 20.0 Å². The van der Waals surface area contributed by atoms with Gasteiger partial charge in [0.15, 0.2) is 5.92 Å². The van der Waals surface area contributed by atoms with Gasteiger partial charge in [-0.25, -0.2) is 0 Å². The first-order valence-electron chi connectivity index (χ1n) is 6.18. The zero-order valence-corrected chi connectivity index (χ0v) is 11.0. The summed E-state index contributed by atoms with van der Waals surface area (Å²) in [5.41, 5.74) is 0.466. The number of esters is 2. The van der Waals surface area contributed by atoms with Crippen molar-refractivity contribution in [1.29, 1.82) is 0 Å². The minimum Gasteiger partial charge on any atom is -0.465 e. The molecule has 0 aliphatic rings. The maximum Gasteiger partial charge on any atom is 0.323 e. The zero-order valence-electron chi connectivity index (χ0n) is 11.0. The molecule has 104 valence electrons. The lowest BCUT2D eigenvalue weighted by Gasteiger charge is -2.20. The molecule has 0 aliphatic heterocycles. The summed E-state index contributed by atoms with van der Waals surface area (Å²) in [5, 5.41) is 10.2. The first-order valence-corrected chi connectivity index (χ1v) is 6.18. The minimum atomic E-state index is -1.36. The average Bonchev–Trinajstić information content (AvgIpc) is 2.40. The van der Waals surface area contributed by atoms with Gasteiger partial charge in [0.05, 0.1) is 13.2 Å². The Morgan fingerprint density at radius 2 is 1.53 bits per heavy atom. The van der Waals surface area contributed by atoms with Crippen molar-refractivity contribution in [3.8, 4) is 0 Å². The predicted molar refractivity (Wildman–Crippen MR) is 68.2 cm³/mol. The highest BCUT2D eigenvalue weighted by atomic mass is 16.6. The number of ether oxygens (including phenoxy) is 2. The number of benzene rings is 1. The molecule has 0 spiro atoms. The second kappa shape index (κ2) is 7.53. The Bertz CT molecular complexity index is 397. The molecule has 1 rings (SSSR count). The van der Waals surface area contributed by atoms with E-state index < -0.39 is 24.0 Å². The number of hydrogen-bond acceptors (Lipinski definition) is 5. The topological polar surface area (TPSA) is 72.8 Å². The summed E-state index contributed by atoms with van der Waals surface area (Å²) in [6, 6.07) is 8.48. The Hall–Kier alpha value is -1.88. The molecule has 5 heteroatoms. The monoisotopic (exact) mass is 266 g/mol. The molecule has 1 unspecified atom stereocenters. The molecule has 1 N–H and O–H groups in total. The van der Waals surface area contributed by atoms with Crippen LogP contribution in [0.2, 0.25) is 0 Å². The Morgan fingerprint density at radius 1 is 1.05 bits per heavy atom. The van der Waals surface area contributed by atoms with E-state index in [4.69, 9.17) is 9.47 Å². The Kier molecular flexibility index (Phi) is 6.02. The molecule has 0 amide bonds. The van der Waals surface area contributed by atoms with Crippen molar-refractivity contribution < 1.29 is 24.2 Å². The fourth-order valence-electron chi connectivity index (χ4n) is 1.66. The van der Waals surface area contributed by atoms with E-state index in [9.17, 15) is 14.7 Å². The van der Waals surface area contributed by atoms with Gasteiger partial charge in [-0.05, 0) is 19.4 Å². The number of aliphatic hydroxyl groups excluding tert-OH is 1. The lowest BCUT2D eigenvalue weighted by atomic mass is 9.96. The third kappa shape index (κ3) is 4.06. The van der Waals surface area contributed by atoms with Gasteiger partial charge in [-0.2, -0.15) is 0 Å². The highest BCUT2D eigenvalue weighted by Gasteiger charge is 2.37. The summed E-state index contributed by atoms with van der Waals surface area (Å²) in [5.74, 6) is -2.92. The molecule has 0 saturated carbocycles. The first kappa shape index (κ1) is 15.2. The van der Waals surface area contributed by atoms with Crippen LogP contribution in [0.3, 0.4) is 0 Å². The summed E-state index contributed by atoms with van der Waals surface area (Å²) in [6.45, 7) is 3.54. The Labute approximate surface area is 112 Å². The molecule has 19 heavy (non-hydrogen) atoms. The van der Waals surface area contributed by atoms with Gasteiger partial charge in [-0.3, -0.25) is 9.59 Å². The molecule has 0 aromatic heterocycles. The van der Waals surface area contributed by atoms with Gasteiger partial charge in [0.25, 0.3) is 0 Å². The largest absolute Gasteiger partial charge is 0.465 e. The van der Waals surface area contributed by atoms with E-state index in [1.165, 1.54) is 0 Å². The number of hydrogen-bond donors (Lipinski definition) is 1. The molecule has 1 aromatic rings. The maximum absolute atomic E-state index is 11.8. The van der Waals surface area contributed by atoms with Gasteiger partial charge in [0, 0.05) is 0 Å². The van der Waals surface area contributed by atoms with Gasteiger partial charge in [0.1, 0.15) is 6.10 Å². The quantitative estimate of drug-likeness (QED) is 0.623. The number of aliphatic hydroxyl groups is 1. The summed E-state index contributed by atoms with van der Waals surface area (Å²) in [7, 11) is 0.